The van der Waals surface area contributed by atoms with E-state index in [9.17, 15) is 4.79 Å². The summed E-state index contributed by atoms with van der Waals surface area (Å²) in [6.07, 6.45) is 4.32. The predicted molar refractivity (Wildman–Crippen MR) is 120 cm³/mol. The SMILES string of the molecule is CC1(C)c2[nH]c(Br)nc2/C=C\NC(=O)Cc2c([nH]c3cc(Br)ccc23)CC1Cl. The first kappa shape index (κ1) is 19.7. The highest BCUT2D eigenvalue weighted by molar-refractivity contribution is 9.10. The number of imidazole rings is 1. The van der Waals surface area contributed by atoms with E-state index >= 15 is 0 Å². The number of amides is 1. The standard InChI is InChI=1S/C20H19Br2ClN4O/c1-20(2)16(23)9-15-12(11-4-3-10(21)7-14(11)25-15)8-17(28)24-6-5-13-18(20)27-19(22)26-13/h3-7,16,25H,8-9H2,1-2H3,(H,24,28)(H,26,27)/b6-5-. The molecule has 1 aliphatic heterocycles. The van der Waals surface area contributed by atoms with Gasteiger partial charge in [0.05, 0.1) is 17.8 Å². The fourth-order valence-electron chi connectivity index (χ4n) is 3.64. The zero-order chi connectivity index (χ0) is 20.1. The first-order valence-corrected chi connectivity index (χ1v) is 10.9. The predicted octanol–water partition coefficient (Wildman–Crippen LogP) is 5.19. The smallest absolute Gasteiger partial charge is 0.228 e. The molecule has 0 saturated heterocycles. The maximum Gasteiger partial charge on any atom is 0.228 e. The van der Waals surface area contributed by atoms with Crippen LogP contribution in [0, 0.1) is 0 Å². The molecule has 1 atom stereocenters. The van der Waals surface area contributed by atoms with Gasteiger partial charge < -0.3 is 15.3 Å². The Morgan fingerprint density at radius 2 is 2.04 bits per heavy atom. The lowest BCUT2D eigenvalue weighted by Crippen LogP contribution is -2.33. The van der Waals surface area contributed by atoms with Gasteiger partial charge in [-0.2, -0.15) is 0 Å². The van der Waals surface area contributed by atoms with Crippen molar-refractivity contribution in [3.8, 4) is 0 Å². The van der Waals surface area contributed by atoms with Gasteiger partial charge in [-0.3, -0.25) is 4.79 Å². The van der Waals surface area contributed by atoms with E-state index in [1.807, 2.05) is 18.2 Å². The van der Waals surface area contributed by atoms with Crippen LogP contribution in [-0.4, -0.2) is 26.2 Å². The molecule has 0 saturated carbocycles. The van der Waals surface area contributed by atoms with Crippen molar-refractivity contribution in [2.75, 3.05) is 0 Å². The summed E-state index contributed by atoms with van der Waals surface area (Å²) in [5.74, 6) is -0.0802. The summed E-state index contributed by atoms with van der Waals surface area (Å²) in [5.41, 5.74) is 4.26. The molecule has 0 radical (unpaired) electrons. The first-order chi connectivity index (χ1) is 13.3. The molecule has 0 aliphatic carbocycles. The maximum atomic E-state index is 12.5. The van der Waals surface area contributed by atoms with Crippen molar-refractivity contribution >= 4 is 66.3 Å². The molecule has 3 heterocycles. The Morgan fingerprint density at radius 3 is 2.82 bits per heavy atom. The van der Waals surface area contributed by atoms with E-state index in [0.717, 1.165) is 38.0 Å². The number of nitrogens with one attached hydrogen (secondary N) is 3. The van der Waals surface area contributed by atoms with Crippen LogP contribution < -0.4 is 5.32 Å². The topological polar surface area (TPSA) is 73.6 Å². The van der Waals surface area contributed by atoms with Crippen LogP contribution in [0.3, 0.4) is 0 Å². The van der Waals surface area contributed by atoms with Crippen LogP contribution >= 0.6 is 43.5 Å². The summed E-state index contributed by atoms with van der Waals surface area (Å²) in [6, 6.07) is 6.04. The summed E-state index contributed by atoms with van der Waals surface area (Å²) in [4.78, 5) is 23.8. The second kappa shape index (κ2) is 7.35. The molecule has 0 spiro atoms. The zero-order valence-corrected chi connectivity index (χ0v) is 19.3. The monoisotopic (exact) mass is 524 g/mol. The molecule has 0 fully saturated rings. The fraction of sp³-hybridized carbons (Fsp3) is 0.300. The molecule has 3 aromatic rings. The number of rotatable bonds is 0. The van der Waals surface area contributed by atoms with Gasteiger partial charge in [-0.15, -0.1) is 11.6 Å². The van der Waals surface area contributed by atoms with Gasteiger partial charge in [-0.25, -0.2) is 4.98 Å². The van der Waals surface area contributed by atoms with Gasteiger partial charge >= 0.3 is 0 Å². The Balaban J connectivity index is 1.86. The molecular weight excluding hydrogens is 508 g/mol. The van der Waals surface area contributed by atoms with Crippen molar-refractivity contribution < 1.29 is 4.79 Å². The van der Waals surface area contributed by atoms with E-state index < -0.39 is 0 Å². The molecule has 1 unspecified atom stereocenters. The highest BCUT2D eigenvalue weighted by atomic mass is 79.9. The van der Waals surface area contributed by atoms with Gasteiger partial charge in [0.2, 0.25) is 5.91 Å². The number of alkyl halides is 1. The number of aromatic nitrogens is 3. The molecule has 8 heteroatoms. The Hall–Kier alpha value is -1.57. The van der Waals surface area contributed by atoms with Gasteiger partial charge in [0.15, 0.2) is 4.73 Å². The molecule has 1 aromatic carbocycles. The molecule has 4 rings (SSSR count). The van der Waals surface area contributed by atoms with Crippen molar-refractivity contribution in [3.63, 3.8) is 0 Å². The van der Waals surface area contributed by atoms with Crippen LogP contribution in [-0.2, 0) is 23.1 Å². The van der Waals surface area contributed by atoms with E-state index in [-0.39, 0.29) is 23.1 Å². The third kappa shape index (κ3) is 3.55. The van der Waals surface area contributed by atoms with Crippen molar-refractivity contribution in [2.24, 2.45) is 0 Å². The van der Waals surface area contributed by atoms with Gasteiger partial charge in [-0.1, -0.05) is 35.8 Å². The Morgan fingerprint density at radius 1 is 1.25 bits per heavy atom. The van der Waals surface area contributed by atoms with Gasteiger partial charge in [0.25, 0.3) is 0 Å². The first-order valence-electron chi connectivity index (χ1n) is 8.90. The number of aromatic amines is 2. The van der Waals surface area contributed by atoms with Crippen molar-refractivity contribution in [2.45, 2.75) is 37.5 Å². The minimum absolute atomic E-state index is 0.0802. The third-order valence-corrected chi connectivity index (χ3v) is 6.86. The highest BCUT2D eigenvalue weighted by Gasteiger charge is 2.35. The summed E-state index contributed by atoms with van der Waals surface area (Å²) in [5, 5.41) is 3.68. The molecule has 2 aromatic heterocycles. The summed E-state index contributed by atoms with van der Waals surface area (Å²) in [6.45, 7) is 4.20. The van der Waals surface area contributed by atoms with E-state index in [1.165, 1.54) is 0 Å². The van der Waals surface area contributed by atoms with Gasteiger partial charge in [0, 0.05) is 44.5 Å². The number of nitrogens with zero attached hydrogens (tertiary/aromatic N) is 1. The number of hydrogen-bond acceptors (Lipinski definition) is 2. The Labute approximate surface area is 184 Å². The van der Waals surface area contributed by atoms with E-state index in [1.54, 1.807) is 12.3 Å². The number of H-pyrrole nitrogens is 2. The lowest BCUT2D eigenvalue weighted by Gasteiger charge is -2.30. The summed E-state index contributed by atoms with van der Waals surface area (Å²) >= 11 is 13.9. The highest BCUT2D eigenvalue weighted by Crippen LogP contribution is 2.37. The van der Waals surface area contributed by atoms with Crippen LogP contribution in [0.5, 0.6) is 0 Å². The van der Waals surface area contributed by atoms with Crippen molar-refractivity contribution in [1.29, 1.82) is 0 Å². The maximum absolute atomic E-state index is 12.5. The van der Waals surface area contributed by atoms with Gasteiger partial charge in [0.1, 0.15) is 0 Å². The molecule has 146 valence electrons. The molecule has 0 bridgehead atoms. The number of carbonyl (C=O) groups is 1. The van der Waals surface area contributed by atoms with Crippen LogP contribution in [0.25, 0.3) is 17.0 Å². The minimum atomic E-state index is -0.376. The van der Waals surface area contributed by atoms with E-state index in [2.05, 4.69) is 66.0 Å². The lowest BCUT2D eigenvalue weighted by atomic mass is 9.81. The van der Waals surface area contributed by atoms with Crippen LogP contribution in [0.15, 0.2) is 33.6 Å². The van der Waals surface area contributed by atoms with Crippen LogP contribution in [0.1, 0.15) is 36.5 Å². The number of fused-ring (bicyclic) bond motifs is 4. The Bertz CT molecular complexity index is 1100. The summed E-state index contributed by atoms with van der Waals surface area (Å²) in [7, 11) is 0. The number of hydrogen-bond donors (Lipinski definition) is 3. The fourth-order valence-corrected chi connectivity index (χ4v) is 4.66. The minimum Gasteiger partial charge on any atom is -0.358 e. The zero-order valence-electron chi connectivity index (χ0n) is 15.4. The number of carbonyl (C=O) groups excluding carboxylic acids is 1. The average molecular weight is 527 g/mol. The third-order valence-electron chi connectivity index (χ3n) is 5.29. The van der Waals surface area contributed by atoms with E-state index in [0.29, 0.717) is 11.2 Å². The second-order valence-electron chi connectivity index (χ2n) is 7.53. The van der Waals surface area contributed by atoms with Crippen molar-refractivity contribution in [1.82, 2.24) is 20.3 Å². The molecule has 3 N–H and O–H groups in total. The average Bonchev–Trinajstić information content (AvgIpc) is 3.15. The molecule has 1 aliphatic rings. The Kier molecular flexibility index (Phi) is 5.18. The molecular formula is C20H19Br2ClN4O. The largest absolute Gasteiger partial charge is 0.358 e. The normalized spacial score (nSPS) is 20.6. The second-order valence-corrected chi connectivity index (χ2v) is 9.72. The lowest BCUT2D eigenvalue weighted by molar-refractivity contribution is -0.119. The van der Waals surface area contributed by atoms with Crippen LogP contribution in [0.2, 0.25) is 0 Å². The number of halogens is 3. The quantitative estimate of drug-likeness (QED) is 0.353. The molecule has 28 heavy (non-hydrogen) atoms. The molecule has 5 nitrogen and oxygen atoms in total. The van der Waals surface area contributed by atoms with Crippen molar-refractivity contribution in [3.05, 3.63) is 56.3 Å². The van der Waals surface area contributed by atoms with Gasteiger partial charge in [-0.05, 0) is 39.7 Å². The van der Waals surface area contributed by atoms with E-state index in [4.69, 9.17) is 11.6 Å². The summed E-state index contributed by atoms with van der Waals surface area (Å²) < 4.78 is 1.62. The number of benzene rings is 1. The molecule has 1 amide bonds. The van der Waals surface area contributed by atoms with Crippen LogP contribution in [0.4, 0.5) is 0 Å².